The lowest BCUT2D eigenvalue weighted by Gasteiger charge is -2.16. The molecule has 3 aromatic heterocycles. The van der Waals surface area contributed by atoms with Crippen LogP contribution in [0.5, 0.6) is 5.75 Å². The molecule has 1 aliphatic heterocycles. The second kappa shape index (κ2) is 8.46. The Balaban J connectivity index is 1.77. The third-order valence-corrected chi connectivity index (χ3v) is 7.63. The molecular weight excluding hydrogens is 469 g/mol. The van der Waals surface area contributed by atoms with Crippen molar-refractivity contribution in [3.05, 3.63) is 47.9 Å². The fraction of sp³-hybridized carbons (Fsp3) is 0.280. The molecule has 0 spiro atoms. The molecule has 180 valence electrons. The number of hydrogen-bond acceptors (Lipinski definition) is 7. The number of benzene rings is 1. The van der Waals surface area contributed by atoms with Crippen molar-refractivity contribution in [3.63, 3.8) is 0 Å². The predicted molar refractivity (Wildman–Crippen MR) is 134 cm³/mol. The molecule has 1 aliphatic rings. The third kappa shape index (κ3) is 3.56. The molecule has 1 unspecified atom stereocenters. The maximum atomic E-state index is 15.0. The Morgan fingerprint density at radius 1 is 1.37 bits per heavy atom. The van der Waals surface area contributed by atoms with Gasteiger partial charge in [-0.15, -0.1) is 11.3 Å². The first-order valence-corrected chi connectivity index (χ1v) is 11.9. The number of thiophene rings is 1. The first kappa shape index (κ1) is 23.0. The smallest absolute Gasteiger partial charge is 0.246 e. The summed E-state index contributed by atoms with van der Waals surface area (Å²) in [7, 11) is 1.55. The summed E-state index contributed by atoms with van der Waals surface area (Å²) in [6, 6.07) is 3.24. The largest absolute Gasteiger partial charge is 0.495 e. The Labute approximate surface area is 204 Å². The number of Topliss-reactive ketones (excluding diaryl/α,β-unsaturated/α-hetero) is 1. The highest BCUT2D eigenvalue weighted by Crippen LogP contribution is 2.44. The number of nitrogens with zero attached hydrogens (tertiary/aromatic N) is 4. The molecule has 4 heterocycles. The molecule has 1 aromatic carbocycles. The summed E-state index contributed by atoms with van der Waals surface area (Å²) in [5, 5.41) is 5.86. The first-order chi connectivity index (χ1) is 16.7. The highest BCUT2D eigenvalue weighted by Gasteiger charge is 2.31. The average Bonchev–Trinajstić information content (AvgIpc) is 3.57. The van der Waals surface area contributed by atoms with E-state index in [-0.39, 0.29) is 29.4 Å². The van der Waals surface area contributed by atoms with E-state index in [1.54, 1.807) is 35.7 Å². The Morgan fingerprint density at radius 2 is 2.14 bits per heavy atom. The van der Waals surface area contributed by atoms with Crippen molar-refractivity contribution >= 4 is 49.8 Å². The fourth-order valence-corrected chi connectivity index (χ4v) is 5.84. The third-order valence-electron chi connectivity index (χ3n) is 6.47. The number of methoxy groups -OCH3 is 1. The topological polar surface area (TPSA) is 103 Å². The number of anilines is 1. The summed E-state index contributed by atoms with van der Waals surface area (Å²) >= 11 is 1.34. The van der Waals surface area contributed by atoms with E-state index in [0.717, 1.165) is 0 Å². The Morgan fingerprint density at radius 3 is 2.83 bits per heavy atom. The second-order valence-electron chi connectivity index (χ2n) is 8.62. The van der Waals surface area contributed by atoms with Crippen LogP contribution >= 0.6 is 11.3 Å². The number of likely N-dealkylation sites (tertiary alicyclic amines) is 1. The molecule has 0 aliphatic carbocycles. The van der Waals surface area contributed by atoms with Gasteiger partial charge in [-0.2, -0.15) is 5.10 Å². The Bertz CT molecular complexity index is 1540. The van der Waals surface area contributed by atoms with Crippen LogP contribution in [0.15, 0.2) is 31.0 Å². The van der Waals surface area contributed by atoms with Gasteiger partial charge in [-0.1, -0.05) is 6.58 Å². The second-order valence-corrected chi connectivity index (χ2v) is 9.68. The normalized spacial score (nSPS) is 15.8. The van der Waals surface area contributed by atoms with Gasteiger partial charge in [-0.05, 0) is 44.0 Å². The zero-order valence-electron chi connectivity index (χ0n) is 19.6. The number of pyridine rings is 1. The van der Waals surface area contributed by atoms with E-state index in [2.05, 4.69) is 11.6 Å². The van der Waals surface area contributed by atoms with Gasteiger partial charge in [0.25, 0.3) is 0 Å². The summed E-state index contributed by atoms with van der Waals surface area (Å²) in [5.74, 6) is 0.150. The van der Waals surface area contributed by atoms with Crippen molar-refractivity contribution in [3.8, 4) is 16.3 Å². The maximum Gasteiger partial charge on any atom is 0.246 e. The summed E-state index contributed by atoms with van der Waals surface area (Å²) in [6.45, 7) is 7.70. The van der Waals surface area contributed by atoms with E-state index in [1.807, 2.05) is 0 Å². The number of nitrogens with two attached hydrogens (primary N) is 1. The zero-order chi connectivity index (χ0) is 25.0. The predicted octanol–water partition coefficient (Wildman–Crippen LogP) is 4.51. The van der Waals surface area contributed by atoms with Gasteiger partial charge in [0, 0.05) is 24.7 Å². The summed E-state index contributed by atoms with van der Waals surface area (Å²) in [5.41, 5.74) is 8.28. The Kier molecular flexibility index (Phi) is 5.55. The van der Waals surface area contributed by atoms with E-state index in [0.29, 0.717) is 67.9 Å². The van der Waals surface area contributed by atoms with Crippen LogP contribution in [0.1, 0.15) is 35.3 Å². The number of nitrogen functional groups attached to an aromatic ring is 1. The van der Waals surface area contributed by atoms with Crippen molar-refractivity contribution in [2.24, 2.45) is 0 Å². The number of hydrogen-bond donors (Lipinski definition) is 1. The SMILES string of the molecule is C=CC(=O)N1CCC(n2nc(-c3cc4c(F)c(C)cc(OC)c4s3)c3c(N)ncc(C(C)=O)c32)C1. The highest BCUT2D eigenvalue weighted by atomic mass is 32.1. The minimum Gasteiger partial charge on any atom is -0.495 e. The van der Waals surface area contributed by atoms with Crippen LogP contribution in [-0.2, 0) is 4.79 Å². The molecule has 1 atom stereocenters. The maximum absolute atomic E-state index is 15.0. The number of amides is 1. The first-order valence-electron chi connectivity index (χ1n) is 11.1. The van der Waals surface area contributed by atoms with Crippen molar-refractivity contribution < 1.29 is 18.7 Å². The number of rotatable bonds is 5. The van der Waals surface area contributed by atoms with E-state index >= 15 is 4.39 Å². The molecule has 1 fully saturated rings. The number of aryl methyl sites for hydroxylation is 1. The van der Waals surface area contributed by atoms with Crippen LogP contribution in [0.25, 0.3) is 31.6 Å². The molecule has 5 rings (SSSR count). The molecule has 2 N–H and O–H groups in total. The molecule has 8 nitrogen and oxygen atoms in total. The van der Waals surface area contributed by atoms with Crippen molar-refractivity contribution in [1.82, 2.24) is 19.7 Å². The highest BCUT2D eigenvalue weighted by molar-refractivity contribution is 7.22. The van der Waals surface area contributed by atoms with Gasteiger partial charge in [-0.25, -0.2) is 9.37 Å². The van der Waals surface area contributed by atoms with Crippen LogP contribution in [0.3, 0.4) is 0 Å². The number of ether oxygens (including phenoxy) is 1. The molecule has 1 amide bonds. The van der Waals surface area contributed by atoms with Crippen LogP contribution in [0.2, 0.25) is 0 Å². The zero-order valence-corrected chi connectivity index (χ0v) is 20.4. The van der Waals surface area contributed by atoms with Crippen LogP contribution in [0.4, 0.5) is 10.2 Å². The number of fused-ring (bicyclic) bond motifs is 2. The summed E-state index contributed by atoms with van der Waals surface area (Å²) in [6.07, 6.45) is 3.41. The van der Waals surface area contributed by atoms with Gasteiger partial charge < -0.3 is 15.4 Å². The lowest BCUT2D eigenvalue weighted by molar-refractivity contribution is -0.125. The summed E-state index contributed by atoms with van der Waals surface area (Å²) in [4.78, 5) is 31.4. The molecule has 0 saturated carbocycles. The standard InChI is InChI=1S/C25H24FN5O3S/c1-5-19(33)30-7-6-14(11-30)31-23-16(13(3)32)10-28-25(27)20(23)22(29-31)18-9-15-21(26)12(2)8-17(34-4)24(15)35-18/h5,8-10,14H,1,6-7,11H2,2-4H3,(H2,27,28). The van der Waals surface area contributed by atoms with E-state index < -0.39 is 0 Å². The van der Waals surface area contributed by atoms with Crippen molar-refractivity contribution in [2.45, 2.75) is 26.3 Å². The van der Waals surface area contributed by atoms with E-state index in [9.17, 15) is 9.59 Å². The van der Waals surface area contributed by atoms with E-state index in [4.69, 9.17) is 15.6 Å². The van der Waals surface area contributed by atoms with E-state index in [1.165, 1.54) is 30.5 Å². The molecular formula is C25H24FN5O3S. The van der Waals surface area contributed by atoms with Crippen LogP contribution < -0.4 is 10.5 Å². The molecule has 10 heteroatoms. The molecule has 0 bridgehead atoms. The lowest BCUT2D eigenvalue weighted by Crippen LogP contribution is -2.27. The van der Waals surface area contributed by atoms with Gasteiger partial charge in [0.1, 0.15) is 23.1 Å². The Hall–Kier alpha value is -3.79. The number of halogens is 1. The number of carbonyl (C=O) groups is 2. The number of ketones is 1. The number of carbonyl (C=O) groups excluding carboxylic acids is 2. The van der Waals surface area contributed by atoms with Crippen LogP contribution in [0, 0.1) is 12.7 Å². The van der Waals surface area contributed by atoms with Gasteiger partial charge in [0.05, 0.1) is 39.2 Å². The number of aromatic nitrogens is 3. The van der Waals surface area contributed by atoms with Crippen LogP contribution in [-0.4, -0.2) is 51.6 Å². The molecule has 4 aromatic rings. The average molecular weight is 494 g/mol. The van der Waals surface area contributed by atoms with Gasteiger partial charge >= 0.3 is 0 Å². The van der Waals surface area contributed by atoms with Gasteiger partial charge in [-0.3, -0.25) is 14.3 Å². The van der Waals surface area contributed by atoms with Gasteiger partial charge in [0.15, 0.2) is 5.78 Å². The minimum atomic E-state index is -0.322. The summed E-state index contributed by atoms with van der Waals surface area (Å²) < 4.78 is 22.9. The fourth-order valence-electron chi connectivity index (χ4n) is 4.70. The monoisotopic (exact) mass is 493 g/mol. The molecule has 1 saturated heterocycles. The van der Waals surface area contributed by atoms with Crippen molar-refractivity contribution in [2.75, 3.05) is 25.9 Å². The molecule has 35 heavy (non-hydrogen) atoms. The van der Waals surface area contributed by atoms with Crippen molar-refractivity contribution in [1.29, 1.82) is 0 Å². The minimum absolute atomic E-state index is 0.153. The molecule has 0 radical (unpaired) electrons. The van der Waals surface area contributed by atoms with Gasteiger partial charge in [0.2, 0.25) is 5.91 Å². The quantitative estimate of drug-likeness (QED) is 0.324. The lowest BCUT2D eigenvalue weighted by atomic mass is 10.1.